The lowest BCUT2D eigenvalue weighted by Crippen LogP contribution is -2.03. The van der Waals surface area contributed by atoms with E-state index in [1.807, 2.05) is 55.6 Å². The second kappa shape index (κ2) is 10.1. The third kappa shape index (κ3) is 5.73. The van der Waals surface area contributed by atoms with Gasteiger partial charge in [-0.15, -0.1) is 0 Å². The van der Waals surface area contributed by atoms with Crippen molar-refractivity contribution in [2.75, 3.05) is 6.61 Å². The summed E-state index contributed by atoms with van der Waals surface area (Å²) in [6.07, 6.45) is 1.85. The van der Waals surface area contributed by atoms with Crippen molar-refractivity contribution < 1.29 is 9.47 Å². The van der Waals surface area contributed by atoms with Crippen LogP contribution in [0.2, 0.25) is 5.02 Å². The molecule has 29 heavy (non-hydrogen) atoms. The Balaban J connectivity index is 1.84. The second-order valence-corrected chi connectivity index (χ2v) is 8.24. The molecule has 0 fully saturated rings. The first kappa shape index (κ1) is 21.7. The van der Waals surface area contributed by atoms with Crippen LogP contribution in [0.5, 0.6) is 11.5 Å². The van der Waals surface area contributed by atoms with Crippen LogP contribution in [0.25, 0.3) is 0 Å². The van der Waals surface area contributed by atoms with Gasteiger partial charge in [-0.2, -0.15) is 0 Å². The Bertz CT molecular complexity index is 1030. The van der Waals surface area contributed by atoms with Gasteiger partial charge in [0.15, 0.2) is 11.5 Å². The van der Waals surface area contributed by atoms with Crippen molar-refractivity contribution in [1.82, 2.24) is 0 Å². The minimum absolute atomic E-state index is 0.381. The number of hydrogen-bond donors (Lipinski definition) is 0. The fraction of sp³-hybridized carbons (Fsp3) is 0.208. The molecule has 0 spiro atoms. The van der Waals surface area contributed by atoms with Crippen LogP contribution in [-0.4, -0.2) is 12.8 Å². The van der Waals surface area contributed by atoms with Gasteiger partial charge in [0.25, 0.3) is 0 Å². The molecule has 3 rings (SSSR count). The summed E-state index contributed by atoms with van der Waals surface area (Å²) in [5.41, 5.74) is 5.32. The van der Waals surface area contributed by atoms with Gasteiger partial charge < -0.3 is 9.47 Å². The summed E-state index contributed by atoms with van der Waals surface area (Å²) in [6, 6.07) is 17.9. The zero-order chi connectivity index (χ0) is 20.8. The van der Waals surface area contributed by atoms with E-state index >= 15 is 0 Å². The van der Waals surface area contributed by atoms with Crippen molar-refractivity contribution in [1.29, 1.82) is 0 Å². The molecular weight excluding hydrogens is 497 g/mol. The lowest BCUT2D eigenvalue weighted by Gasteiger charge is -2.15. The highest BCUT2D eigenvalue weighted by molar-refractivity contribution is 14.1. The van der Waals surface area contributed by atoms with Crippen LogP contribution in [-0.2, 0) is 6.61 Å². The average Bonchev–Trinajstić information content (AvgIpc) is 2.70. The number of aryl methyl sites for hydroxylation is 2. The third-order valence-corrected chi connectivity index (χ3v) is 5.68. The standard InChI is InChI=1S/C24H23ClINO2/c1-4-28-23-13-18(14-27-20-10-9-16(2)17(3)11-20)12-22(26)24(23)29-15-19-7-5-6-8-21(19)25/h5-14H,4,15H2,1-3H3. The van der Waals surface area contributed by atoms with Gasteiger partial charge in [-0.3, -0.25) is 4.99 Å². The Morgan fingerprint density at radius 1 is 1.00 bits per heavy atom. The maximum Gasteiger partial charge on any atom is 0.175 e. The number of aliphatic imine (C=N–C) groups is 1. The first-order chi connectivity index (χ1) is 14.0. The van der Waals surface area contributed by atoms with Gasteiger partial charge in [0.1, 0.15) is 6.61 Å². The summed E-state index contributed by atoms with van der Waals surface area (Å²) in [4.78, 5) is 4.61. The lowest BCUT2D eigenvalue weighted by atomic mass is 10.1. The molecule has 0 aliphatic rings. The Labute approximate surface area is 190 Å². The molecular formula is C24H23ClINO2. The van der Waals surface area contributed by atoms with Crippen molar-refractivity contribution in [2.45, 2.75) is 27.4 Å². The van der Waals surface area contributed by atoms with E-state index in [-0.39, 0.29) is 0 Å². The molecule has 3 aromatic rings. The molecule has 3 nitrogen and oxygen atoms in total. The second-order valence-electron chi connectivity index (χ2n) is 6.67. The summed E-state index contributed by atoms with van der Waals surface area (Å²) in [6.45, 7) is 7.08. The minimum atomic E-state index is 0.381. The largest absolute Gasteiger partial charge is 0.490 e. The summed E-state index contributed by atoms with van der Waals surface area (Å²) in [5, 5.41) is 0.692. The van der Waals surface area contributed by atoms with E-state index in [2.05, 4.69) is 53.6 Å². The molecule has 0 aliphatic carbocycles. The quantitative estimate of drug-likeness (QED) is 0.242. The highest BCUT2D eigenvalue weighted by Gasteiger charge is 2.13. The fourth-order valence-electron chi connectivity index (χ4n) is 2.79. The highest BCUT2D eigenvalue weighted by atomic mass is 127. The first-order valence-corrected chi connectivity index (χ1v) is 10.9. The monoisotopic (exact) mass is 519 g/mol. The van der Waals surface area contributed by atoms with E-state index in [0.717, 1.165) is 26.1 Å². The molecule has 5 heteroatoms. The van der Waals surface area contributed by atoms with Gasteiger partial charge in [-0.25, -0.2) is 0 Å². The topological polar surface area (TPSA) is 30.8 Å². The maximum absolute atomic E-state index is 6.25. The maximum atomic E-state index is 6.25. The molecule has 0 bridgehead atoms. The molecule has 0 heterocycles. The molecule has 0 amide bonds. The lowest BCUT2D eigenvalue weighted by molar-refractivity contribution is 0.267. The van der Waals surface area contributed by atoms with Crippen molar-refractivity contribution in [3.05, 3.63) is 85.4 Å². The molecule has 0 aromatic heterocycles. The normalized spacial score (nSPS) is 11.1. The van der Waals surface area contributed by atoms with Gasteiger partial charge in [0.2, 0.25) is 0 Å². The summed E-state index contributed by atoms with van der Waals surface area (Å²) < 4.78 is 12.9. The highest BCUT2D eigenvalue weighted by Crippen LogP contribution is 2.35. The summed E-state index contributed by atoms with van der Waals surface area (Å²) in [5.74, 6) is 1.42. The van der Waals surface area contributed by atoms with Crippen molar-refractivity contribution >= 4 is 46.1 Å². The SMILES string of the molecule is CCOc1cc(C=Nc2ccc(C)c(C)c2)cc(I)c1OCc1ccccc1Cl. The van der Waals surface area contributed by atoms with Gasteiger partial charge >= 0.3 is 0 Å². The van der Waals surface area contributed by atoms with Crippen molar-refractivity contribution in [3.63, 3.8) is 0 Å². The number of rotatable bonds is 7. The van der Waals surface area contributed by atoms with E-state index in [9.17, 15) is 0 Å². The molecule has 3 aromatic carbocycles. The summed E-state index contributed by atoms with van der Waals surface area (Å²) >= 11 is 8.51. The molecule has 0 saturated carbocycles. The average molecular weight is 520 g/mol. The molecule has 0 radical (unpaired) electrons. The van der Waals surface area contributed by atoms with Gasteiger partial charge in [-0.05, 0) is 90.4 Å². The van der Waals surface area contributed by atoms with Crippen molar-refractivity contribution in [2.24, 2.45) is 4.99 Å². The Morgan fingerprint density at radius 3 is 2.52 bits per heavy atom. The van der Waals surface area contributed by atoms with Gasteiger partial charge in [0, 0.05) is 16.8 Å². The molecule has 0 saturated heterocycles. The Kier molecular flexibility index (Phi) is 7.56. The number of hydrogen-bond acceptors (Lipinski definition) is 3. The van der Waals surface area contributed by atoms with Crippen LogP contribution in [0.15, 0.2) is 59.6 Å². The van der Waals surface area contributed by atoms with E-state index in [0.29, 0.717) is 24.0 Å². The van der Waals surface area contributed by atoms with Crippen LogP contribution in [0.4, 0.5) is 5.69 Å². The van der Waals surface area contributed by atoms with Crippen LogP contribution in [0.3, 0.4) is 0 Å². The Hall–Kier alpha value is -2.05. The number of ether oxygens (including phenoxy) is 2. The fourth-order valence-corrected chi connectivity index (χ4v) is 3.76. The number of halogens is 2. The van der Waals surface area contributed by atoms with Crippen LogP contribution < -0.4 is 9.47 Å². The van der Waals surface area contributed by atoms with Gasteiger partial charge in [0.05, 0.1) is 15.9 Å². The number of nitrogens with zero attached hydrogens (tertiary/aromatic N) is 1. The smallest absolute Gasteiger partial charge is 0.175 e. The molecule has 0 aliphatic heterocycles. The zero-order valence-corrected chi connectivity index (χ0v) is 19.6. The predicted octanol–water partition coefficient (Wildman–Crippen LogP) is 7.29. The first-order valence-electron chi connectivity index (χ1n) is 9.41. The number of benzene rings is 3. The molecule has 0 unspecified atom stereocenters. The molecule has 0 N–H and O–H groups in total. The van der Waals surface area contributed by atoms with Crippen LogP contribution in [0, 0.1) is 17.4 Å². The molecule has 0 atom stereocenters. The van der Waals surface area contributed by atoms with Crippen molar-refractivity contribution in [3.8, 4) is 11.5 Å². The predicted molar refractivity (Wildman–Crippen MR) is 129 cm³/mol. The summed E-state index contributed by atoms with van der Waals surface area (Å²) in [7, 11) is 0. The van der Waals surface area contributed by atoms with Crippen LogP contribution in [0.1, 0.15) is 29.2 Å². The third-order valence-electron chi connectivity index (χ3n) is 4.51. The van der Waals surface area contributed by atoms with E-state index < -0.39 is 0 Å². The minimum Gasteiger partial charge on any atom is -0.490 e. The van der Waals surface area contributed by atoms with E-state index in [1.54, 1.807) is 0 Å². The van der Waals surface area contributed by atoms with Crippen LogP contribution >= 0.6 is 34.2 Å². The zero-order valence-electron chi connectivity index (χ0n) is 16.7. The van der Waals surface area contributed by atoms with E-state index in [4.69, 9.17) is 21.1 Å². The molecule has 150 valence electrons. The van der Waals surface area contributed by atoms with Gasteiger partial charge in [-0.1, -0.05) is 35.9 Å². The Morgan fingerprint density at radius 2 is 1.79 bits per heavy atom. The van der Waals surface area contributed by atoms with E-state index in [1.165, 1.54) is 11.1 Å².